The molecular weight excluding hydrogens is 306 g/mol. The Hall–Kier alpha value is -2.35. The van der Waals surface area contributed by atoms with Gasteiger partial charge < -0.3 is 25.4 Å². The zero-order chi connectivity index (χ0) is 18.8. The Kier molecular flexibility index (Phi) is 19.7. The first kappa shape index (κ1) is 25.6. The summed E-state index contributed by atoms with van der Waals surface area (Å²) in [5, 5.41) is 15.8. The number of amides is 1. The van der Waals surface area contributed by atoms with Crippen LogP contribution < -0.4 is 5.73 Å². The molecule has 1 rings (SSSR count). The molecular formula is C15H27NO7. The number of primary amides is 1. The summed E-state index contributed by atoms with van der Waals surface area (Å²) in [5.41, 5.74) is 4.89. The molecule has 1 aliphatic heterocycles. The quantitative estimate of drug-likeness (QED) is 0.673. The predicted molar refractivity (Wildman–Crippen MR) is 86.2 cm³/mol. The normalized spacial score (nSPS) is 11.1. The minimum Gasteiger partial charge on any atom is -0.478 e. The number of hydrogen-bond acceptors (Lipinski definition) is 5. The molecule has 0 aromatic rings. The summed E-state index contributed by atoms with van der Waals surface area (Å²) in [6.45, 7) is 13.3. The third-order valence-electron chi connectivity index (χ3n) is 1.84. The fourth-order valence-electron chi connectivity index (χ4n) is 0.653. The van der Waals surface area contributed by atoms with Gasteiger partial charge in [0.25, 0.3) is 0 Å². The van der Waals surface area contributed by atoms with Crippen molar-refractivity contribution < 1.29 is 34.1 Å². The van der Waals surface area contributed by atoms with E-state index >= 15 is 0 Å². The molecule has 0 aromatic carbocycles. The first-order valence-corrected chi connectivity index (χ1v) is 6.83. The largest absolute Gasteiger partial charge is 0.478 e. The highest BCUT2D eigenvalue weighted by Crippen LogP contribution is 1.98. The number of rotatable bonds is 3. The zero-order valence-electron chi connectivity index (χ0n) is 14.0. The van der Waals surface area contributed by atoms with Crippen molar-refractivity contribution in [3.8, 4) is 0 Å². The number of carbonyl (C=O) groups excluding carboxylic acids is 1. The third kappa shape index (κ3) is 32.9. The maximum absolute atomic E-state index is 9.60. The van der Waals surface area contributed by atoms with Crippen LogP contribution >= 0.6 is 0 Å². The van der Waals surface area contributed by atoms with E-state index in [0.29, 0.717) is 6.61 Å². The van der Waals surface area contributed by atoms with Crippen molar-refractivity contribution in [2.45, 2.75) is 33.6 Å². The standard InChI is InChI=1S/2C4H6O2.C4H8O.C3H7NO2/c2*1-3(2)4(5)6;1-2-4-5-3-1;1-2-6-3(4)5/h2*1H2,2H3,(H,5,6);1-4H2;2H2,1H3,(H2,4,5). The van der Waals surface area contributed by atoms with Crippen LogP contribution in [-0.2, 0) is 19.1 Å². The lowest BCUT2D eigenvalue weighted by Crippen LogP contribution is -2.11. The van der Waals surface area contributed by atoms with E-state index in [2.05, 4.69) is 23.6 Å². The second kappa shape index (κ2) is 17.7. The van der Waals surface area contributed by atoms with Gasteiger partial charge in [-0.15, -0.1) is 0 Å². The summed E-state index contributed by atoms with van der Waals surface area (Å²) in [6, 6.07) is 0. The molecule has 0 unspecified atom stereocenters. The predicted octanol–water partition coefficient (Wildman–Crippen LogP) is 2.19. The van der Waals surface area contributed by atoms with Crippen molar-refractivity contribution in [1.29, 1.82) is 0 Å². The molecule has 1 aliphatic rings. The Morgan fingerprint density at radius 3 is 1.39 bits per heavy atom. The van der Waals surface area contributed by atoms with Crippen molar-refractivity contribution in [3.05, 3.63) is 24.3 Å². The molecule has 1 saturated heterocycles. The average molecular weight is 333 g/mol. The number of carbonyl (C=O) groups is 3. The van der Waals surface area contributed by atoms with Crippen LogP contribution in [0.4, 0.5) is 4.79 Å². The highest BCUT2D eigenvalue weighted by atomic mass is 16.5. The maximum Gasteiger partial charge on any atom is 0.404 e. The third-order valence-corrected chi connectivity index (χ3v) is 1.84. The Morgan fingerprint density at radius 2 is 1.35 bits per heavy atom. The van der Waals surface area contributed by atoms with Gasteiger partial charge in [0.15, 0.2) is 0 Å². The van der Waals surface area contributed by atoms with Gasteiger partial charge >= 0.3 is 18.0 Å². The first-order valence-electron chi connectivity index (χ1n) is 6.83. The number of carboxylic acid groups (broad SMARTS) is 2. The van der Waals surface area contributed by atoms with E-state index in [4.69, 9.17) is 14.9 Å². The summed E-state index contributed by atoms with van der Waals surface area (Å²) in [5.74, 6) is -1.87. The Labute approximate surface area is 136 Å². The molecule has 1 amide bonds. The van der Waals surface area contributed by atoms with Gasteiger partial charge in [0, 0.05) is 24.4 Å². The number of carboxylic acids is 2. The first-order chi connectivity index (χ1) is 10.6. The topological polar surface area (TPSA) is 136 Å². The highest BCUT2D eigenvalue weighted by Gasteiger charge is 1.94. The van der Waals surface area contributed by atoms with Crippen molar-refractivity contribution in [2.75, 3.05) is 19.8 Å². The van der Waals surface area contributed by atoms with E-state index in [-0.39, 0.29) is 11.1 Å². The molecule has 8 nitrogen and oxygen atoms in total. The Balaban J connectivity index is -0.000000232. The molecule has 8 heteroatoms. The second-order valence-electron chi connectivity index (χ2n) is 4.24. The van der Waals surface area contributed by atoms with Crippen molar-refractivity contribution in [3.63, 3.8) is 0 Å². The summed E-state index contributed by atoms with van der Waals surface area (Å²) >= 11 is 0. The van der Waals surface area contributed by atoms with Gasteiger partial charge in [-0.2, -0.15) is 0 Å². The lowest BCUT2D eigenvalue weighted by Gasteiger charge is -1.89. The Morgan fingerprint density at radius 1 is 1.04 bits per heavy atom. The molecule has 0 spiro atoms. The van der Waals surface area contributed by atoms with Gasteiger partial charge in [0.1, 0.15) is 0 Å². The van der Waals surface area contributed by atoms with Crippen LogP contribution in [-0.4, -0.2) is 48.1 Å². The molecule has 134 valence electrons. The molecule has 1 fully saturated rings. The summed E-state index contributed by atoms with van der Waals surface area (Å²) in [7, 11) is 0. The van der Waals surface area contributed by atoms with Crippen molar-refractivity contribution in [2.24, 2.45) is 5.73 Å². The van der Waals surface area contributed by atoms with Gasteiger partial charge in [-0.05, 0) is 33.6 Å². The van der Waals surface area contributed by atoms with Crippen molar-refractivity contribution >= 4 is 18.0 Å². The van der Waals surface area contributed by atoms with E-state index in [0.717, 1.165) is 13.2 Å². The minimum atomic E-state index is -0.935. The van der Waals surface area contributed by atoms with Gasteiger partial charge in [-0.1, -0.05) is 13.2 Å². The van der Waals surface area contributed by atoms with Crippen LogP contribution in [0.1, 0.15) is 33.6 Å². The molecule has 0 bridgehead atoms. The number of aliphatic carboxylic acids is 2. The van der Waals surface area contributed by atoms with E-state index < -0.39 is 18.0 Å². The molecule has 0 aromatic heterocycles. The monoisotopic (exact) mass is 333 g/mol. The summed E-state index contributed by atoms with van der Waals surface area (Å²) in [4.78, 5) is 28.8. The van der Waals surface area contributed by atoms with Crippen molar-refractivity contribution in [1.82, 2.24) is 0 Å². The van der Waals surface area contributed by atoms with Crippen LogP contribution in [0.25, 0.3) is 0 Å². The molecule has 0 atom stereocenters. The fraction of sp³-hybridized carbons (Fsp3) is 0.533. The number of hydrogen-bond donors (Lipinski definition) is 3. The molecule has 23 heavy (non-hydrogen) atoms. The van der Waals surface area contributed by atoms with E-state index in [1.807, 2.05) is 0 Å². The Bertz CT molecular complexity index is 332. The van der Waals surface area contributed by atoms with Crippen LogP contribution in [0.2, 0.25) is 0 Å². The van der Waals surface area contributed by atoms with Crippen LogP contribution in [0, 0.1) is 0 Å². The lowest BCUT2D eigenvalue weighted by molar-refractivity contribution is -0.133. The highest BCUT2D eigenvalue weighted by molar-refractivity contribution is 5.85. The molecule has 4 N–H and O–H groups in total. The van der Waals surface area contributed by atoms with E-state index in [1.165, 1.54) is 26.7 Å². The van der Waals surface area contributed by atoms with Crippen LogP contribution in [0.3, 0.4) is 0 Å². The molecule has 1 heterocycles. The molecule has 0 saturated carbocycles. The maximum atomic E-state index is 9.60. The SMILES string of the molecule is C1CCOC1.C=C(C)C(=O)O.C=C(C)C(=O)O.CCOC(N)=O. The summed E-state index contributed by atoms with van der Waals surface area (Å²) < 4.78 is 9.12. The van der Waals surface area contributed by atoms with Gasteiger partial charge in [-0.3, -0.25) is 0 Å². The van der Waals surface area contributed by atoms with Gasteiger partial charge in [-0.25, -0.2) is 14.4 Å². The van der Waals surface area contributed by atoms with Crippen LogP contribution in [0.15, 0.2) is 24.3 Å². The van der Waals surface area contributed by atoms with Gasteiger partial charge in [0.2, 0.25) is 0 Å². The van der Waals surface area contributed by atoms with Crippen LogP contribution in [0.5, 0.6) is 0 Å². The fourth-order valence-corrected chi connectivity index (χ4v) is 0.653. The average Bonchev–Trinajstić information content (AvgIpc) is 2.98. The summed E-state index contributed by atoms with van der Waals surface area (Å²) in [6.07, 6.45) is 1.84. The zero-order valence-corrected chi connectivity index (χ0v) is 14.0. The van der Waals surface area contributed by atoms with E-state index in [1.54, 1.807) is 6.92 Å². The lowest BCUT2D eigenvalue weighted by atomic mass is 10.4. The molecule has 0 radical (unpaired) electrons. The molecule has 0 aliphatic carbocycles. The van der Waals surface area contributed by atoms with Gasteiger partial charge in [0.05, 0.1) is 6.61 Å². The number of ether oxygens (including phenoxy) is 2. The minimum absolute atomic E-state index is 0.176. The smallest absolute Gasteiger partial charge is 0.404 e. The van der Waals surface area contributed by atoms with E-state index in [9.17, 15) is 14.4 Å². The second-order valence-corrected chi connectivity index (χ2v) is 4.24. The number of nitrogens with two attached hydrogens (primary N) is 1.